The molecule has 0 bridgehead atoms. The minimum Gasteiger partial charge on any atom is -0.465 e. The second kappa shape index (κ2) is 7.54. The van der Waals surface area contributed by atoms with Gasteiger partial charge >= 0.3 is 5.97 Å². The number of esters is 1. The van der Waals surface area contributed by atoms with Gasteiger partial charge in [0.15, 0.2) is 0 Å². The molecule has 2 fully saturated rings. The Bertz CT molecular complexity index is 1050. The Labute approximate surface area is 182 Å². The molecule has 6 rings (SSSR count). The average molecular weight is 412 g/mol. The van der Waals surface area contributed by atoms with Crippen LogP contribution in [0.1, 0.15) is 22.6 Å². The second-order valence-electron chi connectivity index (χ2n) is 8.91. The highest BCUT2D eigenvalue weighted by Crippen LogP contribution is 2.52. The highest BCUT2D eigenvalue weighted by atomic mass is 16.5. The Balaban J connectivity index is 1.09. The van der Waals surface area contributed by atoms with Gasteiger partial charge in [-0.25, -0.2) is 0 Å². The van der Waals surface area contributed by atoms with Gasteiger partial charge in [0.1, 0.15) is 17.4 Å². The van der Waals surface area contributed by atoms with Crippen LogP contribution in [0, 0.1) is 17.8 Å². The van der Waals surface area contributed by atoms with Gasteiger partial charge in [-0.2, -0.15) is 0 Å². The molecule has 3 aromatic rings. The van der Waals surface area contributed by atoms with E-state index >= 15 is 0 Å². The molecule has 4 nitrogen and oxygen atoms in total. The summed E-state index contributed by atoms with van der Waals surface area (Å²) in [4.78, 5) is 15.7. The lowest BCUT2D eigenvalue weighted by Gasteiger charge is -2.27. The Hall–Kier alpha value is -3.11. The molecule has 0 unspecified atom stereocenters. The third-order valence-electron chi connectivity index (χ3n) is 7.03. The molecular formula is C27H25NO3. The first-order valence-electron chi connectivity index (χ1n) is 11.1. The molecule has 1 saturated carbocycles. The number of carbonyl (C=O) groups excluding carboxylic acids is 1. The monoisotopic (exact) mass is 411 g/mol. The van der Waals surface area contributed by atoms with Crippen molar-refractivity contribution in [3.63, 3.8) is 0 Å². The summed E-state index contributed by atoms with van der Waals surface area (Å²) in [7, 11) is 0. The molecular weight excluding hydrogens is 386 g/mol. The lowest BCUT2D eigenvalue weighted by molar-refractivity contribution is -0.145. The van der Waals surface area contributed by atoms with E-state index in [1.807, 2.05) is 48.5 Å². The van der Waals surface area contributed by atoms with E-state index in [1.54, 1.807) is 0 Å². The molecule has 2 aliphatic heterocycles. The molecule has 0 radical (unpaired) electrons. The highest BCUT2D eigenvalue weighted by Gasteiger charge is 2.56. The first-order chi connectivity index (χ1) is 15.3. The van der Waals surface area contributed by atoms with Gasteiger partial charge in [-0.3, -0.25) is 9.69 Å². The zero-order valence-corrected chi connectivity index (χ0v) is 17.3. The fraction of sp³-hybridized carbons (Fsp3) is 0.296. The number of likely N-dealkylation sites (tertiary alicyclic amines) is 1. The van der Waals surface area contributed by atoms with Crippen molar-refractivity contribution in [3.05, 3.63) is 95.6 Å². The number of fused-ring (bicyclic) bond motifs is 3. The number of ether oxygens (including phenoxy) is 2. The Morgan fingerprint density at radius 1 is 0.839 bits per heavy atom. The van der Waals surface area contributed by atoms with Crippen molar-refractivity contribution >= 4 is 5.97 Å². The Morgan fingerprint density at radius 2 is 1.42 bits per heavy atom. The third-order valence-corrected chi connectivity index (χ3v) is 7.03. The fourth-order valence-corrected chi connectivity index (χ4v) is 5.38. The van der Waals surface area contributed by atoms with Gasteiger partial charge in [-0.1, -0.05) is 66.7 Å². The molecule has 2 heterocycles. The lowest BCUT2D eigenvalue weighted by atomic mass is 9.88. The molecule has 0 N–H and O–H groups in total. The molecule has 0 amide bonds. The molecule has 4 heteroatoms. The topological polar surface area (TPSA) is 38.8 Å². The number of benzene rings is 3. The largest absolute Gasteiger partial charge is 0.465 e. The molecule has 31 heavy (non-hydrogen) atoms. The molecule has 3 aliphatic rings. The minimum atomic E-state index is -0.422. The number of para-hydroxylation sites is 2. The van der Waals surface area contributed by atoms with Crippen molar-refractivity contribution < 1.29 is 14.3 Å². The van der Waals surface area contributed by atoms with Crippen LogP contribution < -0.4 is 4.74 Å². The van der Waals surface area contributed by atoms with Crippen molar-refractivity contribution in [2.24, 2.45) is 17.8 Å². The van der Waals surface area contributed by atoms with Gasteiger partial charge in [-0.05, 0) is 29.5 Å². The summed E-state index contributed by atoms with van der Waals surface area (Å²) in [5.41, 5.74) is 3.14. The van der Waals surface area contributed by atoms with E-state index in [-0.39, 0.29) is 5.97 Å². The van der Waals surface area contributed by atoms with E-state index in [1.165, 1.54) is 5.56 Å². The predicted molar refractivity (Wildman–Crippen MR) is 118 cm³/mol. The van der Waals surface area contributed by atoms with Gasteiger partial charge in [0.25, 0.3) is 0 Å². The standard InChI is InChI=1S/C27H25NO3/c29-27(26-19-10-4-6-12-24(19)31-25-13-7-5-11-20(25)26)30-17-23-21-15-28(16-22(21)23)14-18-8-2-1-3-9-18/h1-13,21-23,26H,14-17H2/t21-,22+,23+. The smallest absolute Gasteiger partial charge is 0.318 e. The SMILES string of the molecule is O=C(OC[C@@H]1[C@H]2CN(Cc3ccccc3)C[C@@H]12)C1c2ccccc2Oc2ccccc21. The van der Waals surface area contributed by atoms with Crippen LogP contribution in [0.5, 0.6) is 11.5 Å². The highest BCUT2D eigenvalue weighted by molar-refractivity contribution is 5.85. The van der Waals surface area contributed by atoms with Crippen LogP contribution in [-0.2, 0) is 16.1 Å². The van der Waals surface area contributed by atoms with E-state index in [0.717, 1.165) is 42.3 Å². The summed E-state index contributed by atoms with van der Waals surface area (Å²) < 4.78 is 11.9. The van der Waals surface area contributed by atoms with E-state index in [4.69, 9.17) is 9.47 Å². The van der Waals surface area contributed by atoms with E-state index < -0.39 is 5.92 Å². The lowest BCUT2D eigenvalue weighted by Crippen LogP contribution is -2.26. The predicted octanol–water partition coefficient (Wildman–Crippen LogP) is 4.85. The molecule has 0 spiro atoms. The number of rotatable bonds is 5. The number of carbonyl (C=O) groups is 1. The Kier molecular flexibility index (Phi) is 4.53. The number of hydrogen-bond acceptors (Lipinski definition) is 4. The number of hydrogen-bond donors (Lipinski definition) is 0. The molecule has 156 valence electrons. The third kappa shape index (κ3) is 3.41. The molecule has 0 aromatic heterocycles. The van der Waals surface area contributed by atoms with Crippen molar-refractivity contribution in [2.45, 2.75) is 12.5 Å². The van der Waals surface area contributed by atoms with E-state index in [9.17, 15) is 4.79 Å². The first kappa shape index (κ1) is 18.6. The van der Waals surface area contributed by atoms with Crippen LogP contribution in [0.3, 0.4) is 0 Å². The summed E-state index contributed by atoms with van der Waals surface area (Å²) in [6, 6.07) is 26.1. The maximum atomic E-state index is 13.2. The van der Waals surface area contributed by atoms with Crippen LogP contribution >= 0.6 is 0 Å². The van der Waals surface area contributed by atoms with Gasteiger partial charge in [0, 0.05) is 36.7 Å². The zero-order chi connectivity index (χ0) is 20.8. The quantitative estimate of drug-likeness (QED) is 0.563. The fourth-order valence-electron chi connectivity index (χ4n) is 5.38. The zero-order valence-electron chi connectivity index (χ0n) is 17.3. The minimum absolute atomic E-state index is 0.172. The van der Waals surface area contributed by atoms with Crippen LogP contribution in [0.2, 0.25) is 0 Å². The first-order valence-corrected chi connectivity index (χ1v) is 11.1. The Morgan fingerprint density at radius 3 is 2.06 bits per heavy atom. The molecule has 1 aliphatic carbocycles. The van der Waals surface area contributed by atoms with Crippen molar-refractivity contribution in [3.8, 4) is 11.5 Å². The number of piperidine rings is 1. The molecule has 1 saturated heterocycles. The molecule has 3 aromatic carbocycles. The van der Waals surface area contributed by atoms with Gasteiger partial charge < -0.3 is 9.47 Å². The summed E-state index contributed by atoms with van der Waals surface area (Å²) in [5.74, 6) is 2.70. The maximum absolute atomic E-state index is 13.2. The maximum Gasteiger partial charge on any atom is 0.318 e. The van der Waals surface area contributed by atoms with Gasteiger partial charge in [-0.15, -0.1) is 0 Å². The van der Waals surface area contributed by atoms with E-state index in [0.29, 0.717) is 24.4 Å². The van der Waals surface area contributed by atoms with Crippen molar-refractivity contribution in [1.29, 1.82) is 0 Å². The normalized spacial score (nSPS) is 23.9. The van der Waals surface area contributed by atoms with Crippen LogP contribution in [-0.4, -0.2) is 30.6 Å². The van der Waals surface area contributed by atoms with Gasteiger partial charge in [0.05, 0.1) is 6.61 Å². The number of nitrogens with zero attached hydrogens (tertiary/aromatic N) is 1. The summed E-state index contributed by atoms with van der Waals surface area (Å²) in [6.07, 6.45) is 0. The van der Waals surface area contributed by atoms with Gasteiger partial charge in [0.2, 0.25) is 0 Å². The van der Waals surface area contributed by atoms with E-state index in [2.05, 4.69) is 35.2 Å². The summed E-state index contributed by atoms with van der Waals surface area (Å²) in [5, 5.41) is 0. The average Bonchev–Trinajstić information content (AvgIpc) is 3.26. The summed E-state index contributed by atoms with van der Waals surface area (Å²) >= 11 is 0. The van der Waals surface area contributed by atoms with Crippen LogP contribution in [0.4, 0.5) is 0 Å². The molecule has 3 atom stereocenters. The van der Waals surface area contributed by atoms with Crippen LogP contribution in [0.15, 0.2) is 78.9 Å². The van der Waals surface area contributed by atoms with Crippen molar-refractivity contribution in [2.75, 3.05) is 19.7 Å². The van der Waals surface area contributed by atoms with Crippen molar-refractivity contribution in [1.82, 2.24) is 4.90 Å². The summed E-state index contributed by atoms with van der Waals surface area (Å²) in [6.45, 7) is 3.74. The second-order valence-corrected chi connectivity index (χ2v) is 8.91. The van der Waals surface area contributed by atoms with Crippen LogP contribution in [0.25, 0.3) is 0 Å².